The minimum Gasteiger partial charge on any atom is -0.481 e. The highest BCUT2D eigenvalue weighted by Crippen LogP contribution is 2.34. The van der Waals surface area contributed by atoms with Crippen molar-refractivity contribution in [2.24, 2.45) is 0 Å². The van der Waals surface area contributed by atoms with Crippen molar-refractivity contribution in [2.75, 3.05) is 6.79 Å². The minimum atomic E-state index is -1.02. The maximum Gasteiger partial charge on any atom is 0.305 e. The van der Waals surface area contributed by atoms with Gasteiger partial charge in [-0.15, -0.1) is 0 Å². The van der Waals surface area contributed by atoms with Gasteiger partial charge in [0.2, 0.25) is 6.79 Å². The van der Waals surface area contributed by atoms with Crippen molar-refractivity contribution in [3.05, 3.63) is 58.6 Å². The molecule has 24 heavy (non-hydrogen) atoms. The van der Waals surface area contributed by atoms with Crippen LogP contribution in [0.2, 0.25) is 5.02 Å². The first kappa shape index (κ1) is 16.1. The first-order valence-corrected chi connectivity index (χ1v) is 7.58. The Hall–Kier alpha value is -2.73. The van der Waals surface area contributed by atoms with Gasteiger partial charge in [-0.1, -0.05) is 17.7 Å². The van der Waals surface area contributed by atoms with Crippen molar-refractivity contribution in [1.29, 1.82) is 0 Å². The monoisotopic (exact) mass is 347 g/mol. The number of carboxylic acids is 1. The summed E-state index contributed by atoms with van der Waals surface area (Å²) in [5, 5.41) is 12.4. The lowest BCUT2D eigenvalue weighted by atomic mass is 10.0. The molecule has 0 saturated heterocycles. The molecule has 1 atom stereocenters. The fraction of sp³-hybridized carbons (Fsp3) is 0.176. The van der Waals surface area contributed by atoms with E-state index in [1.165, 1.54) is 0 Å². The van der Waals surface area contributed by atoms with Gasteiger partial charge in [0, 0.05) is 10.6 Å². The van der Waals surface area contributed by atoms with Gasteiger partial charge in [-0.2, -0.15) is 0 Å². The van der Waals surface area contributed by atoms with Gasteiger partial charge < -0.3 is 19.9 Å². The molecule has 2 N–H and O–H groups in total. The Kier molecular flexibility index (Phi) is 4.57. The van der Waals surface area contributed by atoms with Crippen molar-refractivity contribution >= 4 is 23.5 Å². The molecule has 6 nitrogen and oxygen atoms in total. The molecule has 0 spiro atoms. The van der Waals surface area contributed by atoms with Gasteiger partial charge >= 0.3 is 5.97 Å². The number of rotatable bonds is 5. The highest BCUT2D eigenvalue weighted by Gasteiger charge is 2.22. The molecule has 1 aliphatic heterocycles. The molecule has 0 aromatic heterocycles. The predicted octanol–water partition coefficient (Wildman–Crippen LogP) is 3.01. The van der Waals surface area contributed by atoms with Crippen LogP contribution in [-0.4, -0.2) is 23.8 Å². The molecule has 0 saturated carbocycles. The Morgan fingerprint density at radius 3 is 2.54 bits per heavy atom. The smallest absolute Gasteiger partial charge is 0.305 e. The molecule has 7 heteroatoms. The topological polar surface area (TPSA) is 84.9 Å². The Labute approximate surface area is 143 Å². The van der Waals surface area contributed by atoms with Gasteiger partial charge in [0.1, 0.15) is 0 Å². The predicted molar refractivity (Wildman–Crippen MR) is 86.5 cm³/mol. The number of carboxylic acid groups (broad SMARTS) is 1. The molecule has 1 heterocycles. The Morgan fingerprint density at radius 2 is 1.83 bits per heavy atom. The summed E-state index contributed by atoms with van der Waals surface area (Å²) in [6.07, 6.45) is -0.251. The number of amides is 1. The number of aliphatic carboxylic acids is 1. The molecule has 124 valence electrons. The first-order valence-electron chi connectivity index (χ1n) is 7.20. The van der Waals surface area contributed by atoms with Crippen molar-refractivity contribution < 1.29 is 24.2 Å². The molecule has 0 aliphatic carbocycles. The quantitative estimate of drug-likeness (QED) is 0.868. The Bertz CT molecular complexity index is 775. The maximum absolute atomic E-state index is 12.4. The molecule has 0 radical (unpaired) electrons. The number of carbonyl (C=O) groups excluding carboxylic acids is 1. The number of fused-ring (bicyclic) bond motifs is 1. The van der Waals surface area contributed by atoms with E-state index in [0.717, 1.165) is 0 Å². The SMILES string of the molecule is O=C(O)C[C@H](NC(=O)c1ccc(Cl)cc1)c1ccc2c(c1)OCO2. The van der Waals surface area contributed by atoms with Crippen LogP contribution < -0.4 is 14.8 Å². The number of nitrogens with one attached hydrogen (secondary N) is 1. The molecule has 3 rings (SSSR count). The van der Waals surface area contributed by atoms with Crippen LogP contribution in [0.3, 0.4) is 0 Å². The first-order chi connectivity index (χ1) is 11.5. The number of hydrogen-bond donors (Lipinski definition) is 2. The number of carbonyl (C=O) groups is 2. The van der Waals surface area contributed by atoms with E-state index in [2.05, 4.69) is 5.32 Å². The van der Waals surface area contributed by atoms with Crippen LogP contribution in [0, 0.1) is 0 Å². The maximum atomic E-state index is 12.4. The summed E-state index contributed by atoms with van der Waals surface area (Å²) in [6.45, 7) is 0.125. The van der Waals surface area contributed by atoms with Crippen LogP contribution in [0.5, 0.6) is 11.5 Å². The van der Waals surface area contributed by atoms with Crippen LogP contribution >= 0.6 is 11.6 Å². The molecule has 2 aromatic carbocycles. The van der Waals surface area contributed by atoms with E-state index in [9.17, 15) is 9.59 Å². The molecule has 0 fully saturated rings. The molecular weight excluding hydrogens is 334 g/mol. The summed E-state index contributed by atoms with van der Waals surface area (Å²) in [5.74, 6) is -0.273. The third kappa shape index (κ3) is 3.60. The van der Waals surface area contributed by atoms with Crippen molar-refractivity contribution in [3.8, 4) is 11.5 Å². The number of ether oxygens (including phenoxy) is 2. The second-order valence-electron chi connectivity index (χ2n) is 5.24. The summed E-state index contributed by atoms with van der Waals surface area (Å²) in [5.41, 5.74) is 1.03. The third-order valence-electron chi connectivity index (χ3n) is 3.59. The second kappa shape index (κ2) is 6.80. The number of halogens is 1. The van der Waals surface area contributed by atoms with Gasteiger partial charge in [-0.05, 0) is 42.0 Å². The highest BCUT2D eigenvalue weighted by atomic mass is 35.5. The van der Waals surface area contributed by atoms with Crippen LogP contribution in [0.15, 0.2) is 42.5 Å². The van der Waals surface area contributed by atoms with Gasteiger partial charge in [0.25, 0.3) is 5.91 Å². The summed E-state index contributed by atoms with van der Waals surface area (Å²) in [6, 6.07) is 10.7. The van der Waals surface area contributed by atoms with Crippen LogP contribution in [0.1, 0.15) is 28.4 Å². The molecule has 1 aliphatic rings. The summed E-state index contributed by atoms with van der Waals surface area (Å²) < 4.78 is 10.5. The van der Waals surface area contributed by atoms with Gasteiger partial charge in [0.15, 0.2) is 11.5 Å². The fourth-order valence-corrected chi connectivity index (χ4v) is 2.53. The van der Waals surface area contributed by atoms with Gasteiger partial charge in [-0.3, -0.25) is 9.59 Å². The van der Waals surface area contributed by atoms with E-state index in [1.807, 2.05) is 0 Å². The van der Waals surface area contributed by atoms with E-state index in [-0.39, 0.29) is 19.1 Å². The average molecular weight is 348 g/mol. The minimum absolute atomic E-state index is 0.125. The Balaban J connectivity index is 1.82. The number of hydrogen-bond acceptors (Lipinski definition) is 4. The second-order valence-corrected chi connectivity index (χ2v) is 5.68. The van der Waals surface area contributed by atoms with Gasteiger partial charge in [-0.25, -0.2) is 0 Å². The lowest BCUT2D eigenvalue weighted by molar-refractivity contribution is -0.137. The highest BCUT2D eigenvalue weighted by molar-refractivity contribution is 6.30. The molecular formula is C17H14ClNO5. The molecule has 0 bridgehead atoms. The normalized spacial score (nSPS) is 13.4. The van der Waals surface area contributed by atoms with E-state index < -0.39 is 12.0 Å². The molecule has 1 amide bonds. The van der Waals surface area contributed by atoms with E-state index in [4.69, 9.17) is 26.2 Å². The average Bonchev–Trinajstić information content (AvgIpc) is 3.02. The van der Waals surface area contributed by atoms with E-state index in [1.54, 1.807) is 42.5 Å². The number of benzene rings is 2. The third-order valence-corrected chi connectivity index (χ3v) is 3.84. The van der Waals surface area contributed by atoms with E-state index in [0.29, 0.717) is 27.6 Å². The van der Waals surface area contributed by atoms with Crippen LogP contribution in [0.4, 0.5) is 0 Å². The van der Waals surface area contributed by atoms with Crippen molar-refractivity contribution in [2.45, 2.75) is 12.5 Å². The summed E-state index contributed by atoms with van der Waals surface area (Å²) >= 11 is 5.81. The zero-order valence-electron chi connectivity index (χ0n) is 12.5. The van der Waals surface area contributed by atoms with Crippen molar-refractivity contribution in [3.63, 3.8) is 0 Å². The standard InChI is InChI=1S/C17H14ClNO5/c18-12-4-1-10(2-5-12)17(22)19-13(8-16(20)21)11-3-6-14-15(7-11)24-9-23-14/h1-7,13H,8-9H2,(H,19,22)(H,20,21)/t13-/m0/s1. The van der Waals surface area contributed by atoms with Crippen LogP contribution in [0.25, 0.3) is 0 Å². The molecule has 0 unspecified atom stereocenters. The lowest BCUT2D eigenvalue weighted by Crippen LogP contribution is -2.30. The zero-order valence-corrected chi connectivity index (χ0v) is 13.2. The molecule has 2 aromatic rings. The lowest BCUT2D eigenvalue weighted by Gasteiger charge is -2.18. The fourth-order valence-electron chi connectivity index (χ4n) is 2.40. The van der Waals surface area contributed by atoms with Gasteiger partial charge in [0.05, 0.1) is 12.5 Å². The summed E-state index contributed by atoms with van der Waals surface area (Å²) in [7, 11) is 0. The Morgan fingerprint density at radius 1 is 1.12 bits per heavy atom. The largest absolute Gasteiger partial charge is 0.481 e. The zero-order chi connectivity index (χ0) is 17.1. The van der Waals surface area contributed by atoms with E-state index >= 15 is 0 Å². The van der Waals surface area contributed by atoms with Crippen LogP contribution in [-0.2, 0) is 4.79 Å². The summed E-state index contributed by atoms with van der Waals surface area (Å²) in [4.78, 5) is 23.5. The van der Waals surface area contributed by atoms with Crippen molar-refractivity contribution in [1.82, 2.24) is 5.32 Å².